The molecular formula is C9H15N3O3. The Labute approximate surface area is 87.8 Å². The van der Waals surface area contributed by atoms with Gasteiger partial charge in [-0.25, -0.2) is 0 Å². The number of nitrogens with one attached hydrogen (secondary N) is 3. The van der Waals surface area contributed by atoms with Crippen molar-refractivity contribution in [2.24, 2.45) is 5.92 Å². The van der Waals surface area contributed by atoms with Crippen molar-refractivity contribution in [1.82, 2.24) is 16.0 Å². The summed E-state index contributed by atoms with van der Waals surface area (Å²) in [5.41, 5.74) is 0. The van der Waals surface area contributed by atoms with Crippen LogP contribution in [-0.4, -0.2) is 37.9 Å². The van der Waals surface area contributed by atoms with Crippen molar-refractivity contribution in [2.75, 3.05) is 20.1 Å². The van der Waals surface area contributed by atoms with Gasteiger partial charge in [0.2, 0.25) is 5.91 Å². The largest absolute Gasteiger partial charge is 0.351 e. The summed E-state index contributed by atoms with van der Waals surface area (Å²) in [6.45, 7) is 1.54. The van der Waals surface area contributed by atoms with E-state index in [0.29, 0.717) is 12.8 Å². The van der Waals surface area contributed by atoms with Crippen LogP contribution in [0.3, 0.4) is 0 Å². The van der Waals surface area contributed by atoms with Crippen molar-refractivity contribution >= 4 is 17.7 Å². The average molecular weight is 213 g/mol. The van der Waals surface area contributed by atoms with Gasteiger partial charge in [-0.15, -0.1) is 0 Å². The Hall–Kier alpha value is -1.43. The zero-order valence-electron chi connectivity index (χ0n) is 8.63. The first-order chi connectivity index (χ1) is 7.15. The van der Waals surface area contributed by atoms with Gasteiger partial charge in [0.15, 0.2) is 0 Å². The van der Waals surface area contributed by atoms with Crippen molar-refractivity contribution in [1.29, 1.82) is 0 Å². The number of piperidine rings is 1. The fourth-order valence-electron chi connectivity index (χ4n) is 1.47. The Kier molecular flexibility index (Phi) is 4.23. The van der Waals surface area contributed by atoms with Crippen molar-refractivity contribution < 1.29 is 14.4 Å². The molecule has 3 N–H and O–H groups in total. The topological polar surface area (TPSA) is 87.3 Å². The van der Waals surface area contributed by atoms with Gasteiger partial charge in [0.1, 0.15) is 0 Å². The summed E-state index contributed by atoms with van der Waals surface area (Å²) in [5, 5.41) is 7.35. The van der Waals surface area contributed by atoms with Gasteiger partial charge in [-0.1, -0.05) is 0 Å². The first-order valence-electron chi connectivity index (χ1n) is 4.92. The quantitative estimate of drug-likeness (QED) is 0.457. The molecule has 0 aromatic heterocycles. The highest BCUT2D eigenvalue weighted by atomic mass is 16.2. The molecule has 1 fully saturated rings. The van der Waals surface area contributed by atoms with Gasteiger partial charge in [-0.3, -0.25) is 19.7 Å². The van der Waals surface area contributed by atoms with Crippen LogP contribution in [0.5, 0.6) is 0 Å². The second kappa shape index (κ2) is 5.45. The van der Waals surface area contributed by atoms with Crippen molar-refractivity contribution in [3.05, 3.63) is 0 Å². The first kappa shape index (κ1) is 11.6. The molecule has 0 aromatic carbocycles. The maximum Gasteiger partial charge on any atom is 0.315 e. The zero-order valence-corrected chi connectivity index (χ0v) is 8.63. The molecule has 1 rings (SSSR count). The minimum absolute atomic E-state index is 0.167. The van der Waals surface area contributed by atoms with Crippen LogP contribution < -0.4 is 16.0 Å². The van der Waals surface area contributed by atoms with Crippen molar-refractivity contribution in [3.8, 4) is 0 Å². The number of likely N-dealkylation sites (N-methyl/N-ethyl adjacent to an activating group) is 1. The standard InChI is InChI=1S/C9H15N3O3/c1-10-8(14)9(15)12-7(13)6-2-4-11-5-3-6/h6,11H,2-5H2,1H3,(H,10,14)(H,12,13,15). The third-order valence-electron chi connectivity index (χ3n) is 2.38. The summed E-state index contributed by atoms with van der Waals surface area (Å²) >= 11 is 0. The minimum Gasteiger partial charge on any atom is -0.351 e. The Morgan fingerprint density at radius 2 is 1.73 bits per heavy atom. The van der Waals surface area contributed by atoms with E-state index in [-0.39, 0.29) is 11.8 Å². The van der Waals surface area contributed by atoms with E-state index in [1.54, 1.807) is 0 Å². The molecule has 0 saturated carbocycles. The van der Waals surface area contributed by atoms with Crippen LogP contribution in [-0.2, 0) is 14.4 Å². The molecule has 0 spiro atoms. The third kappa shape index (κ3) is 3.32. The normalized spacial score (nSPS) is 16.9. The van der Waals surface area contributed by atoms with Gasteiger partial charge in [-0.2, -0.15) is 0 Å². The van der Waals surface area contributed by atoms with E-state index in [1.165, 1.54) is 7.05 Å². The maximum atomic E-state index is 11.5. The summed E-state index contributed by atoms with van der Waals surface area (Å²) in [7, 11) is 1.34. The molecule has 0 aliphatic carbocycles. The van der Waals surface area contributed by atoms with E-state index in [1.807, 2.05) is 0 Å². The lowest BCUT2D eigenvalue weighted by atomic mass is 9.97. The van der Waals surface area contributed by atoms with Gasteiger partial charge < -0.3 is 10.6 Å². The SMILES string of the molecule is CNC(=O)C(=O)NC(=O)C1CCNCC1. The number of rotatable bonds is 1. The predicted molar refractivity (Wildman–Crippen MR) is 52.8 cm³/mol. The van der Waals surface area contributed by atoms with Crippen molar-refractivity contribution in [3.63, 3.8) is 0 Å². The van der Waals surface area contributed by atoms with E-state index in [0.717, 1.165) is 13.1 Å². The molecule has 15 heavy (non-hydrogen) atoms. The van der Waals surface area contributed by atoms with Gasteiger partial charge >= 0.3 is 11.8 Å². The molecule has 1 aliphatic rings. The average Bonchev–Trinajstić information content (AvgIpc) is 2.29. The lowest BCUT2D eigenvalue weighted by Gasteiger charge is -2.20. The number of carbonyl (C=O) groups excluding carboxylic acids is 3. The molecule has 6 heteroatoms. The maximum absolute atomic E-state index is 11.5. The Morgan fingerprint density at radius 1 is 1.13 bits per heavy atom. The summed E-state index contributed by atoms with van der Waals surface area (Å²) in [4.78, 5) is 33.4. The van der Waals surface area contributed by atoms with Crippen molar-refractivity contribution in [2.45, 2.75) is 12.8 Å². The molecule has 0 unspecified atom stereocenters. The van der Waals surface area contributed by atoms with Gasteiger partial charge in [0, 0.05) is 13.0 Å². The molecule has 1 heterocycles. The van der Waals surface area contributed by atoms with Crippen LogP contribution in [0.4, 0.5) is 0 Å². The second-order valence-corrected chi connectivity index (χ2v) is 3.42. The molecule has 0 atom stereocenters. The van der Waals surface area contributed by atoms with Gasteiger partial charge in [0.05, 0.1) is 0 Å². The molecule has 84 valence electrons. The summed E-state index contributed by atoms with van der Waals surface area (Å²) < 4.78 is 0. The molecule has 6 nitrogen and oxygen atoms in total. The molecule has 0 radical (unpaired) electrons. The summed E-state index contributed by atoms with van der Waals surface area (Å²) in [5.74, 6) is -2.21. The lowest BCUT2D eigenvalue weighted by molar-refractivity contribution is -0.143. The molecule has 0 aromatic rings. The van der Waals surface area contributed by atoms with Crippen LogP contribution >= 0.6 is 0 Å². The lowest BCUT2D eigenvalue weighted by Crippen LogP contribution is -2.45. The van der Waals surface area contributed by atoms with Gasteiger partial charge in [-0.05, 0) is 25.9 Å². The van der Waals surface area contributed by atoms with Crippen LogP contribution in [0.15, 0.2) is 0 Å². The Morgan fingerprint density at radius 3 is 2.27 bits per heavy atom. The van der Waals surface area contributed by atoms with E-state index in [4.69, 9.17) is 0 Å². The minimum atomic E-state index is -0.888. The number of hydrogen-bond acceptors (Lipinski definition) is 4. The van der Waals surface area contributed by atoms with Crippen LogP contribution in [0.25, 0.3) is 0 Å². The zero-order chi connectivity index (χ0) is 11.3. The smallest absolute Gasteiger partial charge is 0.315 e. The molecule has 1 saturated heterocycles. The summed E-state index contributed by atoms with van der Waals surface area (Å²) in [6.07, 6.45) is 1.40. The summed E-state index contributed by atoms with van der Waals surface area (Å²) in [6, 6.07) is 0. The molecule has 3 amide bonds. The molecular weight excluding hydrogens is 198 g/mol. The molecule has 1 aliphatic heterocycles. The Bertz CT molecular complexity index is 272. The van der Waals surface area contributed by atoms with Crippen LogP contribution in [0, 0.1) is 5.92 Å². The second-order valence-electron chi connectivity index (χ2n) is 3.42. The fraction of sp³-hybridized carbons (Fsp3) is 0.667. The monoisotopic (exact) mass is 213 g/mol. The highest BCUT2D eigenvalue weighted by molar-refractivity contribution is 6.37. The van der Waals surface area contributed by atoms with Gasteiger partial charge in [0.25, 0.3) is 0 Å². The highest BCUT2D eigenvalue weighted by Crippen LogP contribution is 2.10. The number of amides is 3. The highest BCUT2D eigenvalue weighted by Gasteiger charge is 2.24. The van der Waals surface area contributed by atoms with Crippen LogP contribution in [0.1, 0.15) is 12.8 Å². The van der Waals surface area contributed by atoms with E-state index < -0.39 is 11.8 Å². The number of hydrogen-bond donors (Lipinski definition) is 3. The first-order valence-corrected chi connectivity index (χ1v) is 4.92. The van der Waals surface area contributed by atoms with E-state index in [9.17, 15) is 14.4 Å². The Balaban J connectivity index is 2.40. The van der Waals surface area contributed by atoms with E-state index >= 15 is 0 Å². The third-order valence-corrected chi connectivity index (χ3v) is 2.38. The number of imide groups is 1. The van der Waals surface area contributed by atoms with Crippen LogP contribution in [0.2, 0.25) is 0 Å². The van der Waals surface area contributed by atoms with E-state index in [2.05, 4.69) is 16.0 Å². The fourth-order valence-corrected chi connectivity index (χ4v) is 1.47. The number of carbonyl (C=O) groups is 3. The predicted octanol–water partition coefficient (Wildman–Crippen LogP) is -1.63. The molecule has 0 bridgehead atoms.